The number of hydrogen-bond acceptors (Lipinski definition) is 4. The van der Waals surface area contributed by atoms with E-state index in [4.69, 9.17) is 4.74 Å². The van der Waals surface area contributed by atoms with Gasteiger partial charge in [-0.1, -0.05) is 30.3 Å². The topological polar surface area (TPSA) is 44.7 Å². The number of likely N-dealkylation sites (tertiary alicyclic amines) is 1. The van der Waals surface area contributed by atoms with Crippen molar-refractivity contribution in [2.24, 2.45) is 0 Å². The Hall–Kier alpha value is -0.940. The number of nitrogens with zero attached hydrogens (tertiary/aromatic N) is 1. The molecule has 1 saturated heterocycles. The Bertz CT molecular complexity index is 399. The van der Waals surface area contributed by atoms with Gasteiger partial charge in [0, 0.05) is 38.3 Å². The van der Waals surface area contributed by atoms with E-state index in [-0.39, 0.29) is 6.10 Å². The highest BCUT2D eigenvalue weighted by atomic mass is 16.5. The summed E-state index contributed by atoms with van der Waals surface area (Å²) in [7, 11) is 0. The SMILES string of the molecule is CCOCC(C)NCC1CC(O)CN1Cc1ccccc1. The monoisotopic (exact) mass is 292 g/mol. The molecule has 3 atom stereocenters. The van der Waals surface area contributed by atoms with Gasteiger partial charge in [-0.15, -0.1) is 0 Å². The minimum atomic E-state index is -0.206. The molecule has 0 aromatic heterocycles. The molecule has 0 amide bonds. The van der Waals surface area contributed by atoms with Crippen LogP contribution in [0.5, 0.6) is 0 Å². The molecule has 4 heteroatoms. The minimum Gasteiger partial charge on any atom is -0.392 e. The van der Waals surface area contributed by atoms with Crippen molar-refractivity contribution in [3.63, 3.8) is 0 Å². The zero-order chi connectivity index (χ0) is 15.1. The molecule has 21 heavy (non-hydrogen) atoms. The third-order valence-corrected chi connectivity index (χ3v) is 4.01. The van der Waals surface area contributed by atoms with Crippen molar-refractivity contribution >= 4 is 0 Å². The van der Waals surface area contributed by atoms with Crippen LogP contribution in [0.3, 0.4) is 0 Å². The molecular weight excluding hydrogens is 264 g/mol. The largest absolute Gasteiger partial charge is 0.392 e. The Labute approximate surface area is 128 Å². The number of aliphatic hydroxyl groups is 1. The van der Waals surface area contributed by atoms with E-state index in [1.54, 1.807) is 0 Å². The first-order chi connectivity index (χ1) is 10.2. The van der Waals surface area contributed by atoms with Crippen LogP contribution >= 0.6 is 0 Å². The van der Waals surface area contributed by atoms with Crippen LogP contribution in [0.25, 0.3) is 0 Å². The molecule has 1 aromatic rings. The quantitative estimate of drug-likeness (QED) is 0.764. The molecule has 4 nitrogen and oxygen atoms in total. The Morgan fingerprint density at radius 2 is 2.14 bits per heavy atom. The van der Waals surface area contributed by atoms with Gasteiger partial charge in [0.1, 0.15) is 0 Å². The molecule has 1 aromatic carbocycles. The second-order valence-electron chi connectivity index (χ2n) is 5.93. The zero-order valence-electron chi connectivity index (χ0n) is 13.2. The number of nitrogens with one attached hydrogen (secondary N) is 1. The lowest BCUT2D eigenvalue weighted by Gasteiger charge is -2.26. The molecule has 1 fully saturated rings. The summed E-state index contributed by atoms with van der Waals surface area (Å²) in [5, 5.41) is 13.5. The number of hydrogen-bond donors (Lipinski definition) is 2. The predicted molar refractivity (Wildman–Crippen MR) is 85.2 cm³/mol. The third kappa shape index (κ3) is 5.40. The van der Waals surface area contributed by atoms with Gasteiger partial charge in [-0.25, -0.2) is 0 Å². The highest BCUT2D eigenvalue weighted by Crippen LogP contribution is 2.20. The fourth-order valence-electron chi connectivity index (χ4n) is 2.87. The highest BCUT2D eigenvalue weighted by Gasteiger charge is 2.30. The first-order valence-electron chi connectivity index (χ1n) is 7.96. The average Bonchev–Trinajstić information content (AvgIpc) is 2.83. The van der Waals surface area contributed by atoms with Gasteiger partial charge in [-0.05, 0) is 25.8 Å². The first-order valence-corrected chi connectivity index (χ1v) is 7.96. The Balaban J connectivity index is 1.82. The van der Waals surface area contributed by atoms with Crippen molar-refractivity contribution in [2.75, 3.05) is 26.3 Å². The minimum absolute atomic E-state index is 0.206. The standard InChI is InChI=1S/C17H28N2O2/c1-3-21-13-14(2)18-10-16-9-17(20)12-19(16)11-15-7-5-4-6-8-15/h4-8,14,16-18,20H,3,9-13H2,1-2H3. The van der Waals surface area contributed by atoms with Crippen molar-refractivity contribution in [3.8, 4) is 0 Å². The molecule has 0 saturated carbocycles. The smallest absolute Gasteiger partial charge is 0.0682 e. The molecule has 0 bridgehead atoms. The summed E-state index contributed by atoms with van der Waals surface area (Å²) in [5.41, 5.74) is 1.30. The number of β-amino-alcohol motifs (C(OH)–C–C–N with tert-alkyl or cyclic N) is 1. The van der Waals surface area contributed by atoms with E-state index in [9.17, 15) is 5.11 Å². The van der Waals surface area contributed by atoms with Crippen LogP contribution in [0.1, 0.15) is 25.8 Å². The van der Waals surface area contributed by atoms with Crippen LogP contribution in [-0.2, 0) is 11.3 Å². The van der Waals surface area contributed by atoms with Crippen LogP contribution < -0.4 is 5.32 Å². The number of benzene rings is 1. The highest BCUT2D eigenvalue weighted by molar-refractivity contribution is 5.15. The third-order valence-electron chi connectivity index (χ3n) is 4.01. The molecule has 2 N–H and O–H groups in total. The van der Waals surface area contributed by atoms with Gasteiger partial charge in [0.2, 0.25) is 0 Å². The second-order valence-corrected chi connectivity index (χ2v) is 5.93. The Morgan fingerprint density at radius 3 is 2.86 bits per heavy atom. The molecule has 3 unspecified atom stereocenters. The summed E-state index contributed by atoms with van der Waals surface area (Å²) in [4.78, 5) is 2.38. The number of rotatable bonds is 8. The molecular formula is C17H28N2O2. The summed E-state index contributed by atoms with van der Waals surface area (Å²) < 4.78 is 5.43. The summed E-state index contributed by atoms with van der Waals surface area (Å²) >= 11 is 0. The van der Waals surface area contributed by atoms with Gasteiger partial charge < -0.3 is 15.2 Å². The van der Waals surface area contributed by atoms with Gasteiger partial charge in [-0.3, -0.25) is 4.90 Å². The van der Waals surface area contributed by atoms with E-state index in [1.807, 2.05) is 13.0 Å². The van der Waals surface area contributed by atoms with Crippen LogP contribution in [0, 0.1) is 0 Å². The maximum Gasteiger partial charge on any atom is 0.0682 e. The lowest BCUT2D eigenvalue weighted by Crippen LogP contribution is -2.42. The molecule has 1 aliphatic rings. The number of aliphatic hydroxyl groups excluding tert-OH is 1. The van der Waals surface area contributed by atoms with Gasteiger partial charge in [-0.2, -0.15) is 0 Å². The van der Waals surface area contributed by atoms with Crippen molar-refractivity contribution in [1.82, 2.24) is 10.2 Å². The van der Waals surface area contributed by atoms with Gasteiger partial charge >= 0.3 is 0 Å². The van der Waals surface area contributed by atoms with Crippen molar-refractivity contribution < 1.29 is 9.84 Å². The Kier molecular flexibility index (Phi) is 6.64. The van der Waals surface area contributed by atoms with E-state index in [0.717, 1.165) is 39.3 Å². The van der Waals surface area contributed by atoms with Gasteiger partial charge in [0.05, 0.1) is 12.7 Å². The molecule has 1 aliphatic heterocycles. The van der Waals surface area contributed by atoms with Gasteiger partial charge in [0.15, 0.2) is 0 Å². The summed E-state index contributed by atoms with van der Waals surface area (Å²) in [5.74, 6) is 0. The van der Waals surface area contributed by atoms with E-state index in [1.165, 1.54) is 5.56 Å². The molecule has 1 heterocycles. The van der Waals surface area contributed by atoms with Crippen molar-refractivity contribution in [1.29, 1.82) is 0 Å². The lowest BCUT2D eigenvalue weighted by molar-refractivity contribution is 0.123. The Morgan fingerprint density at radius 1 is 1.38 bits per heavy atom. The van der Waals surface area contributed by atoms with E-state index in [0.29, 0.717) is 12.1 Å². The van der Waals surface area contributed by atoms with Crippen LogP contribution in [0.15, 0.2) is 30.3 Å². The fraction of sp³-hybridized carbons (Fsp3) is 0.647. The van der Waals surface area contributed by atoms with Gasteiger partial charge in [0.25, 0.3) is 0 Å². The van der Waals surface area contributed by atoms with E-state index >= 15 is 0 Å². The van der Waals surface area contributed by atoms with E-state index in [2.05, 4.69) is 41.4 Å². The first kappa shape index (κ1) is 16.4. The predicted octanol–water partition coefficient (Wildman–Crippen LogP) is 1.64. The normalized spacial score (nSPS) is 24.3. The maximum atomic E-state index is 9.96. The molecule has 0 radical (unpaired) electrons. The summed E-state index contributed by atoms with van der Waals surface area (Å²) in [6, 6.07) is 11.2. The maximum absolute atomic E-state index is 9.96. The number of ether oxygens (including phenoxy) is 1. The van der Waals surface area contributed by atoms with Crippen molar-refractivity contribution in [3.05, 3.63) is 35.9 Å². The summed E-state index contributed by atoms with van der Waals surface area (Å²) in [6.07, 6.45) is 0.643. The van der Waals surface area contributed by atoms with E-state index < -0.39 is 0 Å². The van der Waals surface area contributed by atoms with Crippen LogP contribution in [0.2, 0.25) is 0 Å². The fourth-order valence-corrected chi connectivity index (χ4v) is 2.87. The van der Waals surface area contributed by atoms with Crippen LogP contribution in [0.4, 0.5) is 0 Å². The molecule has 2 rings (SSSR count). The zero-order valence-corrected chi connectivity index (χ0v) is 13.2. The molecule has 0 aliphatic carbocycles. The second kappa shape index (κ2) is 8.49. The van der Waals surface area contributed by atoms with Crippen LogP contribution in [-0.4, -0.2) is 54.5 Å². The molecule has 118 valence electrons. The van der Waals surface area contributed by atoms with Crippen molar-refractivity contribution in [2.45, 2.75) is 45.0 Å². The summed E-state index contributed by atoms with van der Waals surface area (Å²) in [6.45, 7) is 8.23. The average molecular weight is 292 g/mol. The molecule has 0 spiro atoms. The lowest BCUT2D eigenvalue weighted by atomic mass is 10.1.